The summed E-state index contributed by atoms with van der Waals surface area (Å²) in [4.78, 5) is 23.1. The third-order valence-electron chi connectivity index (χ3n) is 2.70. The highest BCUT2D eigenvalue weighted by atomic mass is 35.5. The monoisotopic (exact) mass is 280 g/mol. The minimum absolute atomic E-state index is 0.0181. The second-order valence-electron chi connectivity index (χ2n) is 4.26. The zero-order valence-electron chi connectivity index (χ0n) is 11.1. The van der Waals surface area contributed by atoms with Gasteiger partial charge in [0.2, 0.25) is 0 Å². The lowest BCUT2D eigenvalue weighted by atomic mass is 9.88. The summed E-state index contributed by atoms with van der Waals surface area (Å²) in [5.41, 5.74) is 1.07. The first-order chi connectivity index (χ1) is 8.95. The minimum atomic E-state index is -0.478. The Morgan fingerprint density at radius 1 is 1.42 bits per heavy atom. The highest BCUT2D eigenvalue weighted by Gasteiger charge is 2.23. The quantitative estimate of drug-likeness (QED) is 0.591. The Hall–Kier alpha value is -1.61. The molecule has 0 saturated carbocycles. The van der Waals surface area contributed by atoms with E-state index in [1.165, 1.54) is 6.92 Å². The molecule has 1 rings (SSSR count). The second-order valence-corrected chi connectivity index (χ2v) is 4.70. The van der Waals surface area contributed by atoms with Crippen molar-refractivity contribution in [2.45, 2.75) is 26.2 Å². The number of halogens is 1. The highest BCUT2D eigenvalue weighted by molar-refractivity contribution is 6.30. The summed E-state index contributed by atoms with van der Waals surface area (Å²) in [6.07, 6.45) is 0.206. The third-order valence-corrected chi connectivity index (χ3v) is 2.94. The van der Waals surface area contributed by atoms with Crippen LogP contribution in [0.5, 0.6) is 0 Å². The lowest BCUT2D eigenvalue weighted by Gasteiger charge is -2.18. The molecule has 0 aliphatic carbocycles. The molecule has 0 spiro atoms. The van der Waals surface area contributed by atoms with Crippen LogP contribution in [0.25, 0.3) is 0 Å². The van der Waals surface area contributed by atoms with Crippen LogP contribution in [0, 0.1) is 0 Å². The molecule has 0 aromatic heterocycles. The predicted octanol–water partition coefficient (Wildman–Crippen LogP) is 3.52. The molecule has 1 atom stereocenters. The summed E-state index contributed by atoms with van der Waals surface area (Å²) in [7, 11) is 0. The molecule has 4 heteroatoms. The summed E-state index contributed by atoms with van der Waals surface area (Å²) < 4.78 is 4.94. The van der Waals surface area contributed by atoms with Gasteiger partial charge in [0, 0.05) is 22.9 Å². The Kier molecular flexibility index (Phi) is 5.77. The minimum Gasteiger partial charge on any atom is -0.463 e. The van der Waals surface area contributed by atoms with E-state index in [2.05, 4.69) is 6.58 Å². The van der Waals surface area contributed by atoms with Crippen molar-refractivity contribution in [3.8, 4) is 0 Å². The van der Waals surface area contributed by atoms with Crippen molar-refractivity contribution in [2.75, 3.05) is 6.61 Å². The van der Waals surface area contributed by atoms with E-state index >= 15 is 0 Å². The lowest BCUT2D eigenvalue weighted by Crippen LogP contribution is -2.16. The molecule has 3 nitrogen and oxygen atoms in total. The van der Waals surface area contributed by atoms with Gasteiger partial charge in [-0.2, -0.15) is 0 Å². The van der Waals surface area contributed by atoms with Gasteiger partial charge < -0.3 is 4.74 Å². The highest BCUT2D eigenvalue weighted by Crippen LogP contribution is 2.29. The first-order valence-electron chi connectivity index (χ1n) is 6.06. The molecule has 0 heterocycles. The van der Waals surface area contributed by atoms with Gasteiger partial charge in [-0.15, -0.1) is 0 Å². The first kappa shape index (κ1) is 15.4. The molecule has 0 fully saturated rings. The summed E-state index contributed by atoms with van der Waals surface area (Å²) >= 11 is 5.94. The second kappa shape index (κ2) is 7.10. The van der Waals surface area contributed by atoms with Gasteiger partial charge in [-0.05, 0) is 31.5 Å². The molecule has 1 aromatic carbocycles. The normalized spacial score (nSPS) is 11.7. The topological polar surface area (TPSA) is 43.4 Å². The fourth-order valence-corrected chi connectivity index (χ4v) is 2.02. The van der Waals surface area contributed by atoms with Crippen LogP contribution in [0.1, 0.15) is 31.7 Å². The summed E-state index contributed by atoms with van der Waals surface area (Å²) in [6.45, 7) is 7.25. The Morgan fingerprint density at radius 3 is 2.63 bits per heavy atom. The van der Waals surface area contributed by atoms with Gasteiger partial charge >= 0.3 is 5.97 Å². The van der Waals surface area contributed by atoms with Crippen molar-refractivity contribution in [3.63, 3.8) is 0 Å². The van der Waals surface area contributed by atoms with E-state index in [9.17, 15) is 9.59 Å². The van der Waals surface area contributed by atoms with E-state index in [0.29, 0.717) is 5.02 Å². The Labute approximate surface area is 118 Å². The van der Waals surface area contributed by atoms with Crippen LogP contribution in [0.4, 0.5) is 0 Å². The number of rotatable bonds is 6. The number of benzene rings is 1. The predicted molar refractivity (Wildman–Crippen MR) is 75.3 cm³/mol. The summed E-state index contributed by atoms with van der Waals surface area (Å²) in [5, 5.41) is 0.558. The number of carbonyl (C=O) groups is 2. The maximum atomic E-state index is 11.8. The maximum absolute atomic E-state index is 11.8. The van der Waals surface area contributed by atoms with Crippen molar-refractivity contribution < 1.29 is 14.3 Å². The van der Waals surface area contributed by atoms with Crippen LogP contribution >= 0.6 is 11.6 Å². The van der Waals surface area contributed by atoms with Gasteiger partial charge in [0.05, 0.1) is 6.61 Å². The standard InChI is InChI=1S/C15H17ClO3/c1-4-19-15(18)11(3)14(8-10(2)17)12-6-5-7-13(16)9-12/h5-7,9,14H,3-4,8H2,1-2H3/t14-/m0/s1. The SMILES string of the molecule is C=C(C(=O)OCC)[C@H](CC(C)=O)c1cccc(Cl)c1. The Morgan fingerprint density at radius 2 is 2.11 bits per heavy atom. The third kappa shape index (κ3) is 4.52. The zero-order chi connectivity index (χ0) is 14.4. The van der Waals surface area contributed by atoms with Crippen molar-refractivity contribution in [1.82, 2.24) is 0 Å². The molecule has 1 aromatic rings. The molecule has 19 heavy (non-hydrogen) atoms. The van der Waals surface area contributed by atoms with Gasteiger partial charge in [0.25, 0.3) is 0 Å². The van der Waals surface area contributed by atoms with E-state index < -0.39 is 11.9 Å². The van der Waals surface area contributed by atoms with Gasteiger partial charge in [-0.3, -0.25) is 4.79 Å². The molecule has 0 amide bonds. The number of esters is 1. The number of hydrogen-bond acceptors (Lipinski definition) is 3. The summed E-state index contributed by atoms with van der Waals surface area (Å²) in [6, 6.07) is 7.08. The van der Waals surface area contributed by atoms with Crippen molar-refractivity contribution >= 4 is 23.4 Å². The molecule has 102 valence electrons. The zero-order valence-corrected chi connectivity index (χ0v) is 11.9. The molecule has 0 bridgehead atoms. The summed E-state index contributed by atoms with van der Waals surface area (Å²) in [5.74, 6) is -0.889. The van der Waals surface area contributed by atoms with Crippen LogP contribution in [-0.4, -0.2) is 18.4 Å². The Balaban J connectivity index is 3.04. The Bertz CT molecular complexity index is 494. The smallest absolute Gasteiger partial charge is 0.334 e. The van der Waals surface area contributed by atoms with Crippen LogP contribution < -0.4 is 0 Å². The molecule has 0 aliphatic heterocycles. The van der Waals surface area contributed by atoms with Gasteiger partial charge in [0.1, 0.15) is 5.78 Å². The van der Waals surface area contributed by atoms with E-state index in [4.69, 9.17) is 16.3 Å². The maximum Gasteiger partial charge on any atom is 0.334 e. The van der Waals surface area contributed by atoms with Crippen LogP contribution in [0.15, 0.2) is 36.4 Å². The molecule has 0 N–H and O–H groups in total. The van der Waals surface area contributed by atoms with E-state index in [1.54, 1.807) is 25.1 Å². The molecule has 0 unspecified atom stereocenters. The van der Waals surface area contributed by atoms with Gasteiger partial charge in [0.15, 0.2) is 0 Å². The van der Waals surface area contributed by atoms with E-state index in [1.807, 2.05) is 6.07 Å². The van der Waals surface area contributed by atoms with Crippen molar-refractivity contribution in [1.29, 1.82) is 0 Å². The fraction of sp³-hybridized carbons (Fsp3) is 0.333. The number of ether oxygens (including phenoxy) is 1. The van der Waals surface area contributed by atoms with Crippen LogP contribution in [-0.2, 0) is 14.3 Å². The fourth-order valence-electron chi connectivity index (χ4n) is 1.82. The number of carbonyl (C=O) groups excluding carboxylic acids is 2. The molecule has 0 radical (unpaired) electrons. The molecule has 0 aliphatic rings. The lowest BCUT2D eigenvalue weighted by molar-refractivity contribution is -0.138. The first-order valence-corrected chi connectivity index (χ1v) is 6.44. The average molecular weight is 281 g/mol. The number of hydrogen-bond donors (Lipinski definition) is 0. The van der Waals surface area contributed by atoms with Gasteiger partial charge in [-0.1, -0.05) is 30.3 Å². The van der Waals surface area contributed by atoms with Crippen LogP contribution in [0.2, 0.25) is 5.02 Å². The van der Waals surface area contributed by atoms with E-state index in [0.717, 1.165) is 5.56 Å². The van der Waals surface area contributed by atoms with Crippen molar-refractivity contribution in [3.05, 3.63) is 47.0 Å². The van der Waals surface area contributed by atoms with Gasteiger partial charge in [-0.25, -0.2) is 4.79 Å². The molecule has 0 saturated heterocycles. The number of Topliss-reactive ketones (excluding diaryl/α,β-unsaturated/α-hetero) is 1. The number of ketones is 1. The molecular formula is C15H17ClO3. The van der Waals surface area contributed by atoms with E-state index in [-0.39, 0.29) is 24.4 Å². The van der Waals surface area contributed by atoms with Crippen LogP contribution in [0.3, 0.4) is 0 Å². The molecular weight excluding hydrogens is 264 g/mol. The average Bonchev–Trinajstić information content (AvgIpc) is 2.35. The largest absolute Gasteiger partial charge is 0.463 e. The van der Waals surface area contributed by atoms with Crippen molar-refractivity contribution in [2.24, 2.45) is 0 Å².